The molecule has 0 aliphatic carbocycles. The van der Waals surface area contributed by atoms with E-state index in [-0.39, 0.29) is 6.04 Å². The summed E-state index contributed by atoms with van der Waals surface area (Å²) < 4.78 is 5.12. The van der Waals surface area contributed by atoms with Gasteiger partial charge in [-0.1, -0.05) is 12.1 Å². The molecule has 7 nitrogen and oxygen atoms in total. The van der Waals surface area contributed by atoms with E-state index >= 15 is 0 Å². The van der Waals surface area contributed by atoms with Crippen LogP contribution in [0.3, 0.4) is 0 Å². The molecule has 29 heavy (non-hydrogen) atoms. The predicted octanol–water partition coefficient (Wildman–Crippen LogP) is 1.48. The van der Waals surface area contributed by atoms with Gasteiger partial charge >= 0.3 is 11.8 Å². The van der Waals surface area contributed by atoms with Gasteiger partial charge in [-0.15, -0.1) is 0 Å². The summed E-state index contributed by atoms with van der Waals surface area (Å²) in [6.45, 7) is 4.58. The maximum absolute atomic E-state index is 12.3. The second-order valence-electron chi connectivity index (χ2n) is 7.15. The van der Waals surface area contributed by atoms with Gasteiger partial charge in [-0.05, 0) is 47.1 Å². The minimum atomic E-state index is -0.622. The van der Waals surface area contributed by atoms with Crippen molar-refractivity contribution < 1.29 is 14.3 Å². The van der Waals surface area contributed by atoms with Gasteiger partial charge in [0.2, 0.25) is 0 Å². The zero-order valence-corrected chi connectivity index (χ0v) is 17.7. The molecule has 1 saturated heterocycles. The maximum Gasteiger partial charge on any atom is 0.309 e. The van der Waals surface area contributed by atoms with Crippen LogP contribution in [0.1, 0.15) is 17.2 Å². The average Bonchev–Trinajstić information content (AvgIpc) is 3.28. The van der Waals surface area contributed by atoms with Crippen molar-refractivity contribution in [3.05, 3.63) is 52.2 Å². The van der Waals surface area contributed by atoms with Crippen molar-refractivity contribution in [2.45, 2.75) is 12.6 Å². The maximum atomic E-state index is 12.3. The van der Waals surface area contributed by atoms with E-state index in [0.29, 0.717) is 13.1 Å². The highest BCUT2D eigenvalue weighted by Crippen LogP contribution is 2.23. The summed E-state index contributed by atoms with van der Waals surface area (Å²) >= 11 is 1.64. The molecule has 0 radical (unpaired) electrons. The summed E-state index contributed by atoms with van der Waals surface area (Å²) in [4.78, 5) is 29.2. The number of likely N-dealkylation sites (N-methyl/N-ethyl adjacent to an activating group) is 1. The predicted molar refractivity (Wildman–Crippen MR) is 114 cm³/mol. The van der Waals surface area contributed by atoms with Crippen molar-refractivity contribution >= 4 is 23.2 Å². The molecule has 2 N–H and O–H groups in total. The lowest BCUT2D eigenvalue weighted by Crippen LogP contribution is -2.49. The fourth-order valence-electron chi connectivity index (χ4n) is 3.33. The van der Waals surface area contributed by atoms with Crippen molar-refractivity contribution in [3.63, 3.8) is 0 Å². The third-order valence-corrected chi connectivity index (χ3v) is 5.88. The number of thiophene rings is 1. The average molecular weight is 417 g/mol. The third-order valence-electron chi connectivity index (χ3n) is 5.18. The monoisotopic (exact) mass is 416 g/mol. The van der Waals surface area contributed by atoms with Gasteiger partial charge in [0.25, 0.3) is 0 Å². The summed E-state index contributed by atoms with van der Waals surface area (Å²) in [6, 6.07) is 9.53. The quantitative estimate of drug-likeness (QED) is 0.669. The number of amides is 2. The van der Waals surface area contributed by atoms with Gasteiger partial charge < -0.3 is 20.3 Å². The summed E-state index contributed by atoms with van der Waals surface area (Å²) in [5.74, 6) is -0.475. The lowest BCUT2D eigenvalue weighted by molar-refractivity contribution is -0.139. The molecule has 1 aliphatic heterocycles. The first-order valence-electron chi connectivity index (χ1n) is 9.70. The number of piperazine rings is 1. The Morgan fingerprint density at radius 3 is 2.38 bits per heavy atom. The van der Waals surface area contributed by atoms with E-state index in [4.69, 9.17) is 4.74 Å². The molecule has 0 unspecified atom stereocenters. The van der Waals surface area contributed by atoms with E-state index in [1.165, 1.54) is 5.56 Å². The van der Waals surface area contributed by atoms with Crippen LogP contribution >= 0.6 is 11.3 Å². The molecule has 1 aliphatic rings. The number of carbonyl (C=O) groups is 2. The molecular formula is C21H28N4O3S. The Hall–Kier alpha value is -2.42. The number of nitrogens with zero attached hydrogens (tertiary/aromatic N) is 2. The molecule has 1 aromatic heterocycles. The Kier molecular flexibility index (Phi) is 7.62. The van der Waals surface area contributed by atoms with Crippen LogP contribution in [-0.4, -0.2) is 68.5 Å². The van der Waals surface area contributed by atoms with Crippen LogP contribution in [0.2, 0.25) is 0 Å². The van der Waals surface area contributed by atoms with Gasteiger partial charge in [-0.3, -0.25) is 14.5 Å². The number of methoxy groups -OCH3 is 1. The second-order valence-corrected chi connectivity index (χ2v) is 7.93. The zero-order chi connectivity index (χ0) is 20.6. The van der Waals surface area contributed by atoms with E-state index in [1.54, 1.807) is 18.4 Å². The summed E-state index contributed by atoms with van der Waals surface area (Å²) in [6.07, 6.45) is 0. The normalized spacial score (nSPS) is 16.2. The molecule has 0 saturated carbocycles. The number of rotatable bonds is 7. The lowest BCUT2D eigenvalue weighted by atomic mass is 10.1. The van der Waals surface area contributed by atoms with E-state index in [1.807, 2.05) is 29.6 Å². The van der Waals surface area contributed by atoms with Crippen molar-refractivity contribution in [2.75, 3.05) is 46.9 Å². The molecule has 2 amide bonds. The molecule has 1 aromatic carbocycles. The first kappa shape index (κ1) is 21.3. The summed E-state index contributed by atoms with van der Waals surface area (Å²) in [7, 11) is 3.72. The number of carbonyl (C=O) groups excluding carboxylic acids is 2. The van der Waals surface area contributed by atoms with Crippen LogP contribution in [0, 0.1) is 0 Å². The van der Waals surface area contributed by atoms with E-state index < -0.39 is 11.8 Å². The molecule has 8 heteroatoms. The fourth-order valence-corrected chi connectivity index (χ4v) is 4.04. The van der Waals surface area contributed by atoms with Crippen molar-refractivity contribution in [2.24, 2.45) is 0 Å². The molecule has 0 spiro atoms. The number of benzene rings is 1. The fraction of sp³-hybridized carbons (Fsp3) is 0.429. The van der Waals surface area contributed by atoms with Gasteiger partial charge in [0.1, 0.15) is 5.75 Å². The molecule has 2 aromatic rings. The SMILES string of the molecule is COc1ccc(CNC(=O)C(=O)NC[C@@H](c2ccsc2)N2CCN(C)CC2)cc1. The Labute approximate surface area is 175 Å². The van der Waals surface area contributed by atoms with Crippen molar-refractivity contribution in [1.82, 2.24) is 20.4 Å². The van der Waals surface area contributed by atoms with Crippen LogP contribution in [0.5, 0.6) is 5.75 Å². The van der Waals surface area contributed by atoms with Gasteiger partial charge in [-0.25, -0.2) is 0 Å². The smallest absolute Gasteiger partial charge is 0.309 e. The molecule has 2 heterocycles. The van der Waals surface area contributed by atoms with Crippen LogP contribution in [-0.2, 0) is 16.1 Å². The Bertz CT molecular complexity index is 787. The Morgan fingerprint density at radius 1 is 1.07 bits per heavy atom. The van der Waals surface area contributed by atoms with Crippen LogP contribution in [0.15, 0.2) is 41.1 Å². The first-order chi connectivity index (χ1) is 14.1. The summed E-state index contributed by atoms with van der Waals surface area (Å²) in [5.41, 5.74) is 2.08. The minimum Gasteiger partial charge on any atom is -0.497 e. The van der Waals surface area contributed by atoms with Gasteiger partial charge in [-0.2, -0.15) is 11.3 Å². The Morgan fingerprint density at radius 2 is 1.76 bits per heavy atom. The number of ether oxygens (including phenoxy) is 1. The molecular weight excluding hydrogens is 388 g/mol. The largest absolute Gasteiger partial charge is 0.497 e. The number of hydrogen-bond donors (Lipinski definition) is 2. The third kappa shape index (κ3) is 6.03. The van der Waals surface area contributed by atoms with Crippen LogP contribution < -0.4 is 15.4 Å². The van der Waals surface area contributed by atoms with Gasteiger partial charge in [0, 0.05) is 39.3 Å². The molecule has 156 valence electrons. The highest BCUT2D eigenvalue weighted by atomic mass is 32.1. The lowest BCUT2D eigenvalue weighted by Gasteiger charge is -2.37. The number of hydrogen-bond acceptors (Lipinski definition) is 6. The molecule has 1 fully saturated rings. The van der Waals surface area contributed by atoms with Gasteiger partial charge in [0.15, 0.2) is 0 Å². The topological polar surface area (TPSA) is 73.9 Å². The highest BCUT2D eigenvalue weighted by molar-refractivity contribution is 7.08. The molecule has 1 atom stereocenters. The Balaban J connectivity index is 1.51. The zero-order valence-electron chi connectivity index (χ0n) is 16.9. The van der Waals surface area contributed by atoms with E-state index in [0.717, 1.165) is 37.5 Å². The first-order valence-corrected chi connectivity index (χ1v) is 10.6. The number of nitrogens with one attached hydrogen (secondary N) is 2. The minimum absolute atomic E-state index is 0.0771. The van der Waals surface area contributed by atoms with Crippen LogP contribution in [0.4, 0.5) is 0 Å². The highest BCUT2D eigenvalue weighted by Gasteiger charge is 2.25. The van der Waals surface area contributed by atoms with Crippen molar-refractivity contribution in [3.8, 4) is 5.75 Å². The standard InChI is InChI=1S/C21H28N4O3S/c1-24-8-10-25(11-9-24)19(17-7-12-29-15-17)14-23-21(27)20(26)22-13-16-3-5-18(28-2)6-4-16/h3-7,12,15,19H,8-11,13-14H2,1-2H3,(H,22,26)(H,23,27)/t19-/m0/s1. The summed E-state index contributed by atoms with van der Waals surface area (Å²) in [5, 5.41) is 9.64. The van der Waals surface area contributed by atoms with Crippen LogP contribution in [0.25, 0.3) is 0 Å². The van der Waals surface area contributed by atoms with Crippen molar-refractivity contribution in [1.29, 1.82) is 0 Å². The van der Waals surface area contributed by atoms with Gasteiger partial charge in [0.05, 0.1) is 13.2 Å². The van der Waals surface area contributed by atoms with E-state index in [2.05, 4.69) is 38.9 Å². The molecule has 3 rings (SSSR count). The molecule has 0 bridgehead atoms. The second kappa shape index (κ2) is 10.4. The van der Waals surface area contributed by atoms with E-state index in [9.17, 15) is 9.59 Å².